The highest BCUT2D eigenvalue weighted by atomic mass is 35.5. The van der Waals surface area contributed by atoms with Crippen LogP contribution in [0.15, 0.2) is 63.8 Å². The standard InChI is InChI=1S/C15H12ClN3O2S3/c16-12-6-8-13(9-7-12)24(20,21)19-14-17-18-15(23-14)22-10-11-4-2-1-3-5-11/h1-9H,10H2,(H,17,19). The molecule has 124 valence electrons. The van der Waals surface area contributed by atoms with Crippen LogP contribution in [0.1, 0.15) is 5.56 Å². The minimum absolute atomic E-state index is 0.126. The minimum atomic E-state index is -3.69. The third-order valence-electron chi connectivity index (χ3n) is 2.96. The Hall–Kier alpha value is -1.61. The summed E-state index contributed by atoms with van der Waals surface area (Å²) in [6.07, 6.45) is 0. The molecule has 0 aliphatic rings. The zero-order valence-electron chi connectivity index (χ0n) is 12.2. The lowest BCUT2D eigenvalue weighted by Gasteiger charge is -2.04. The third kappa shape index (κ3) is 4.47. The van der Waals surface area contributed by atoms with Gasteiger partial charge in [-0.3, -0.25) is 4.72 Å². The Morgan fingerprint density at radius 2 is 1.75 bits per heavy atom. The van der Waals surface area contributed by atoms with Crippen molar-refractivity contribution < 1.29 is 8.42 Å². The molecule has 3 rings (SSSR count). The van der Waals surface area contributed by atoms with Crippen molar-refractivity contribution in [2.24, 2.45) is 0 Å². The highest BCUT2D eigenvalue weighted by Gasteiger charge is 2.17. The molecule has 24 heavy (non-hydrogen) atoms. The minimum Gasteiger partial charge on any atom is -0.253 e. The Balaban J connectivity index is 1.66. The lowest BCUT2D eigenvalue weighted by Crippen LogP contribution is -2.12. The average Bonchev–Trinajstić information content (AvgIpc) is 3.01. The van der Waals surface area contributed by atoms with E-state index in [1.54, 1.807) is 0 Å². The molecule has 0 unspecified atom stereocenters. The zero-order valence-corrected chi connectivity index (χ0v) is 15.4. The number of thioether (sulfide) groups is 1. The van der Waals surface area contributed by atoms with Crippen molar-refractivity contribution in [3.05, 3.63) is 65.2 Å². The van der Waals surface area contributed by atoms with Crippen LogP contribution in [0.3, 0.4) is 0 Å². The number of sulfonamides is 1. The van der Waals surface area contributed by atoms with E-state index in [-0.39, 0.29) is 10.0 Å². The average molecular weight is 398 g/mol. The van der Waals surface area contributed by atoms with Gasteiger partial charge in [-0.2, -0.15) is 0 Å². The van der Waals surface area contributed by atoms with Crippen LogP contribution in [0.2, 0.25) is 5.02 Å². The Morgan fingerprint density at radius 1 is 1.04 bits per heavy atom. The Morgan fingerprint density at radius 3 is 2.46 bits per heavy atom. The molecule has 9 heteroatoms. The number of hydrogen-bond acceptors (Lipinski definition) is 6. The van der Waals surface area contributed by atoms with Gasteiger partial charge in [-0.15, -0.1) is 10.2 Å². The van der Waals surface area contributed by atoms with Crippen molar-refractivity contribution >= 4 is 49.9 Å². The maximum absolute atomic E-state index is 12.3. The van der Waals surface area contributed by atoms with Crippen LogP contribution in [0.5, 0.6) is 0 Å². The molecule has 1 aromatic heterocycles. The summed E-state index contributed by atoms with van der Waals surface area (Å²) in [5.41, 5.74) is 1.17. The molecule has 0 fully saturated rings. The van der Waals surface area contributed by atoms with E-state index in [2.05, 4.69) is 14.9 Å². The number of nitrogens with zero attached hydrogens (tertiary/aromatic N) is 2. The second-order valence-corrected chi connectivity index (χ2v) is 9.03. The smallest absolute Gasteiger partial charge is 0.253 e. The van der Waals surface area contributed by atoms with Crippen molar-refractivity contribution in [1.29, 1.82) is 0 Å². The Labute approximate surface area is 153 Å². The van der Waals surface area contributed by atoms with E-state index < -0.39 is 10.0 Å². The van der Waals surface area contributed by atoms with Gasteiger partial charge in [0.1, 0.15) is 0 Å². The number of hydrogen-bond donors (Lipinski definition) is 1. The van der Waals surface area contributed by atoms with Gasteiger partial charge in [0, 0.05) is 10.8 Å². The van der Waals surface area contributed by atoms with Crippen LogP contribution < -0.4 is 4.72 Å². The van der Waals surface area contributed by atoms with E-state index in [1.165, 1.54) is 52.9 Å². The molecule has 1 N–H and O–H groups in total. The first-order chi connectivity index (χ1) is 11.5. The van der Waals surface area contributed by atoms with E-state index in [9.17, 15) is 8.42 Å². The lowest BCUT2D eigenvalue weighted by molar-refractivity contribution is 0.601. The molecule has 0 bridgehead atoms. The SMILES string of the molecule is O=S(=O)(Nc1nnc(SCc2ccccc2)s1)c1ccc(Cl)cc1. The molecular weight excluding hydrogens is 386 g/mol. The summed E-state index contributed by atoms with van der Waals surface area (Å²) in [5, 5.41) is 8.61. The number of aromatic nitrogens is 2. The summed E-state index contributed by atoms with van der Waals surface area (Å²) >= 11 is 8.48. The van der Waals surface area contributed by atoms with Crippen molar-refractivity contribution in [3.8, 4) is 0 Å². The monoisotopic (exact) mass is 397 g/mol. The summed E-state index contributed by atoms with van der Waals surface area (Å²) < 4.78 is 27.7. The third-order valence-corrected chi connectivity index (χ3v) is 6.74. The largest absolute Gasteiger partial charge is 0.263 e. The van der Waals surface area contributed by atoms with E-state index in [0.717, 1.165) is 5.75 Å². The first kappa shape index (κ1) is 17.2. The van der Waals surface area contributed by atoms with Crippen LogP contribution in [0.4, 0.5) is 5.13 Å². The fourth-order valence-corrected chi connectivity index (χ4v) is 4.88. The van der Waals surface area contributed by atoms with E-state index in [0.29, 0.717) is 9.36 Å². The molecule has 0 amide bonds. The van der Waals surface area contributed by atoms with Crippen molar-refractivity contribution in [3.63, 3.8) is 0 Å². The van der Waals surface area contributed by atoms with Gasteiger partial charge < -0.3 is 0 Å². The maximum Gasteiger partial charge on any atom is 0.263 e. The van der Waals surface area contributed by atoms with Gasteiger partial charge in [-0.1, -0.05) is 65.0 Å². The first-order valence-electron chi connectivity index (χ1n) is 6.81. The fraction of sp³-hybridized carbons (Fsp3) is 0.0667. The lowest BCUT2D eigenvalue weighted by atomic mass is 10.2. The number of anilines is 1. The highest BCUT2D eigenvalue weighted by Crippen LogP contribution is 2.29. The highest BCUT2D eigenvalue weighted by molar-refractivity contribution is 8.00. The molecule has 0 saturated heterocycles. The quantitative estimate of drug-likeness (QED) is 0.628. The van der Waals surface area contributed by atoms with Gasteiger partial charge >= 0.3 is 0 Å². The van der Waals surface area contributed by atoms with Crippen LogP contribution in [0.25, 0.3) is 0 Å². The van der Waals surface area contributed by atoms with Crippen molar-refractivity contribution in [2.75, 3.05) is 4.72 Å². The molecule has 5 nitrogen and oxygen atoms in total. The molecule has 0 aliphatic carbocycles. The second kappa shape index (κ2) is 7.52. The number of halogens is 1. The topological polar surface area (TPSA) is 72.0 Å². The predicted molar refractivity (Wildman–Crippen MR) is 98.2 cm³/mol. The summed E-state index contributed by atoms with van der Waals surface area (Å²) in [6.45, 7) is 0. The number of benzene rings is 2. The van der Waals surface area contributed by atoms with Crippen molar-refractivity contribution in [2.45, 2.75) is 15.0 Å². The summed E-state index contributed by atoms with van der Waals surface area (Å²) in [5.74, 6) is 0.749. The van der Waals surface area contributed by atoms with Crippen molar-refractivity contribution in [1.82, 2.24) is 10.2 Å². The first-order valence-corrected chi connectivity index (χ1v) is 10.5. The summed E-state index contributed by atoms with van der Waals surface area (Å²) in [6, 6.07) is 15.9. The van der Waals surface area contributed by atoms with Crippen LogP contribution in [-0.4, -0.2) is 18.6 Å². The predicted octanol–water partition coefficient (Wildman–Crippen LogP) is 4.28. The van der Waals surface area contributed by atoms with Gasteiger partial charge in [0.25, 0.3) is 10.0 Å². The van der Waals surface area contributed by atoms with Gasteiger partial charge in [0.2, 0.25) is 5.13 Å². The Kier molecular flexibility index (Phi) is 5.40. The number of rotatable bonds is 6. The summed E-state index contributed by atoms with van der Waals surface area (Å²) in [7, 11) is -3.69. The van der Waals surface area contributed by atoms with Crippen LogP contribution in [-0.2, 0) is 15.8 Å². The Bertz CT molecular complexity index is 913. The summed E-state index contributed by atoms with van der Waals surface area (Å²) in [4.78, 5) is 0.126. The van der Waals surface area contributed by atoms with E-state index in [4.69, 9.17) is 11.6 Å². The van der Waals surface area contributed by atoms with E-state index in [1.807, 2.05) is 30.3 Å². The molecule has 0 atom stereocenters. The second-order valence-electron chi connectivity index (χ2n) is 4.71. The van der Waals surface area contributed by atoms with E-state index >= 15 is 0 Å². The molecule has 0 radical (unpaired) electrons. The van der Waals surface area contributed by atoms with Crippen LogP contribution >= 0.6 is 34.7 Å². The van der Waals surface area contributed by atoms with Gasteiger partial charge in [-0.05, 0) is 29.8 Å². The molecule has 0 aliphatic heterocycles. The molecular formula is C15H12ClN3O2S3. The molecule has 0 saturated carbocycles. The number of nitrogens with one attached hydrogen (secondary N) is 1. The zero-order chi connectivity index (χ0) is 17.0. The van der Waals surface area contributed by atoms with Gasteiger partial charge in [0.05, 0.1) is 4.90 Å². The maximum atomic E-state index is 12.3. The van der Waals surface area contributed by atoms with Gasteiger partial charge in [0.15, 0.2) is 4.34 Å². The molecule has 3 aromatic rings. The fourth-order valence-electron chi connectivity index (χ4n) is 1.82. The molecule has 2 aromatic carbocycles. The van der Waals surface area contributed by atoms with Gasteiger partial charge in [-0.25, -0.2) is 8.42 Å². The molecule has 1 heterocycles. The molecule has 0 spiro atoms. The normalized spacial score (nSPS) is 11.4. The van der Waals surface area contributed by atoms with Crippen LogP contribution in [0, 0.1) is 0 Å².